The molecule has 2 unspecified atom stereocenters. The smallest absolute Gasteiger partial charge is 0.254 e. The zero-order valence-corrected chi connectivity index (χ0v) is 12.3. The first-order valence-corrected chi connectivity index (χ1v) is 7.35. The van der Waals surface area contributed by atoms with E-state index in [9.17, 15) is 0 Å². The van der Waals surface area contributed by atoms with Crippen LogP contribution in [-0.4, -0.2) is 32.7 Å². The van der Waals surface area contributed by atoms with Crippen molar-refractivity contribution >= 4 is 11.6 Å². The van der Waals surface area contributed by atoms with Gasteiger partial charge in [-0.25, -0.2) is 4.98 Å². The van der Waals surface area contributed by atoms with Gasteiger partial charge in [-0.2, -0.15) is 14.6 Å². The standard InChI is InChI=1S/C16H17N5O/c1-22-9-12-7-15(21-16(19-12)17-10-18-21)20-14-8-13(14)11-5-3-2-4-6-11/h2-7,10,13-14,20H,8-9H2,1H3. The second-order valence-electron chi connectivity index (χ2n) is 5.54. The lowest BCUT2D eigenvalue weighted by Gasteiger charge is -2.09. The first kappa shape index (κ1) is 13.2. The highest BCUT2D eigenvalue weighted by molar-refractivity contribution is 5.48. The molecule has 22 heavy (non-hydrogen) atoms. The van der Waals surface area contributed by atoms with E-state index in [0.29, 0.717) is 24.3 Å². The summed E-state index contributed by atoms with van der Waals surface area (Å²) in [6.07, 6.45) is 2.65. The van der Waals surface area contributed by atoms with Crippen molar-refractivity contribution in [3.8, 4) is 0 Å². The molecular formula is C16H17N5O. The molecule has 1 fully saturated rings. The van der Waals surface area contributed by atoms with E-state index in [1.165, 1.54) is 11.9 Å². The summed E-state index contributed by atoms with van der Waals surface area (Å²) < 4.78 is 6.91. The van der Waals surface area contributed by atoms with Crippen molar-refractivity contribution in [2.75, 3.05) is 12.4 Å². The topological polar surface area (TPSA) is 64.3 Å². The molecule has 0 aliphatic heterocycles. The molecule has 2 atom stereocenters. The number of nitrogens with zero attached hydrogens (tertiary/aromatic N) is 4. The van der Waals surface area contributed by atoms with Gasteiger partial charge in [-0.3, -0.25) is 0 Å². The molecule has 2 aromatic heterocycles. The average Bonchev–Trinajstić information content (AvgIpc) is 3.14. The summed E-state index contributed by atoms with van der Waals surface area (Å²) >= 11 is 0. The first-order valence-electron chi connectivity index (χ1n) is 7.35. The van der Waals surface area contributed by atoms with Crippen molar-refractivity contribution in [1.82, 2.24) is 19.6 Å². The van der Waals surface area contributed by atoms with E-state index < -0.39 is 0 Å². The van der Waals surface area contributed by atoms with Crippen molar-refractivity contribution < 1.29 is 4.74 Å². The largest absolute Gasteiger partial charge is 0.378 e. The van der Waals surface area contributed by atoms with E-state index in [1.54, 1.807) is 11.6 Å². The Labute approximate surface area is 128 Å². The number of aromatic nitrogens is 4. The molecule has 112 valence electrons. The molecule has 6 heteroatoms. The summed E-state index contributed by atoms with van der Waals surface area (Å²) in [4.78, 5) is 8.59. The molecule has 1 N–H and O–H groups in total. The van der Waals surface area contributed by atoms with Gasteiger partial charge in [0.15, 0.2) is 0 Å². The van der Waals surface area contributed by atoms with Crippen molar-refractivity contribution in [2.24, 2.45) is 0 Å². The number of anilines is 1. The lowest BCUT2D eigenvalue weighted by molar-refractivity contribution is 0.181. The molecule has 0 spiro atoms. The Morgan fingerprint density at radius 1 is 1.32 bits per heavy atom. The van der Waals surface area contributed by atoms with E-state index in [2.05, 4.69) is 44.6 Å². The lowest BCUT2D eigenvalue weighted by Crippen LogP contribution is -2.11. The fraction of sp³-hybridized carbons (Fsp3) is 0.312. The number of ether oxygens (including phenoxy) is 1. The maximum Gasteiger partial charge on any atom is 0.254 e. The highest BCUT2D eigenvalue weighted by atomic mass is 16.5. The third-order valence-electron chi connectivity index (χ3n) is 3.95. The monoisotopic (exact) mass is 295 g/mol. The Bertz CT molecular complexity index is 786. The quantitative estimate of drug-likeness (QED) is 0.782. The Balaban J connectivity index is 1.58. The number of methoxy groups -OCH3 is 1. The summed E-state index contributed by atoms with van der Waals surface area (Å²) in [5.74, 6) is 2.06. The van der Waals surface area contributed by atoms with Gasteiger partial charge in [-0.15, -0.1) is 0 Å². The van der Waals surface area contributed by atoms with Crippen LogP contribution in [0.1, 0.15) is 23.6 Å². The van der Waals surface area contributed by atoms with Crippen molar-refractivity contribution in [3.63, 3.8) is 0 Å². The van der Waals surface area contributed by atoms with Crippen LogP contribution in [0.4, 0.5) is 5.82 Å². The van der Waals surface area contributed by atoms with Crippen LogP contribution < -0.4 is 5.32 Å². The van der Waals surface area contributed by atoms with E-state index in [1.807, 2.05) is 12.1 Å². The number of hydrogen-bond acceptors (Lipinski definition) is 5. The second kappa shape index (κ2) is 5.38. The highest BCUT2D eigenvalue weighted by Gasteiger charge is 2.38. The first-order chi connectivity index (χ1) is 10.8. The minimum Gasteiger partial charge on any atom is -0.378 e. The number of hydrogen-bond donors (Lipinski definition) is 1. The number of nitrogens with one attached hydrogen (secondary N) is 1. The predicted octanol–water partition coefficient (Wildman–Crippen LogP) is 2.24. The van der Waals surface area contributed by atoms with E-state index in [4.69, 9.17) is 4.74 Å². The molecule has 0 amide bonds. The summed E-state index contributed by atoms with van der Waals surface area (Å²) in [6.45, 7) is 0.463. The maximum atomic E-state index is 5.17. The Hall–Kier alpha value is -2.47. The van der Waals surface area contributed by atoms with Gasteiger partial charge in [0.1, 0.15) is 12.1 Å². The number of fused-ring (bicyclic) bond motifs is 1. The van der Waals surface area contributed by atoms with Crippen LogP contribution in [0.2, 0.25) is 0 Å². The summed E-state index contributed by atoms with van der Waals surface area (Å²) in [7, 11) is 1.66. The van der Waals surface area contributed by atoms with Gasteiger partial charge in [-0.1, -0.05) is 30.3 Å². The molecule has 3 aromatic rings. The summed E-state index contributed by atoms with van der Waals surface area (Å²) in [5.41, 5.74) is 2.23. The van der Waals surface area contributed by atoms with Gasteiger partial charge in [-0.05, 0) is 12.0 Å². The molecule has 4 rings (SSSR count). The minimum absolute atomic E-state index is 0.424. The van der Waals surface area contributed by atoms with Gasteiger partial charge >= 0.3 is 0 Å². The normalized spacial score (nSPS) is 20.2. The molecule has 0 radical (unpaired) electrons. The minimum atomic E-state index is 0.424. The molecule has 1 saturated carbocycles. The van der Waals surface area contributed by atoms with E-state index >= 15 is 0 Å². The molecular weight excluding hydrogens is 278 g/mol. The van der Waals surface area contributed by atoms with Crippen molar-refractivity contribution in [3.05, 3.63) is 54.0 Å². The molecule has 0 bridgehead atoms. The Morgan fingerprint density at radius 3 is 3.00 bits per heavy atom. The molecule has 0 saturated heterocycles. The van der Waals surface area contributed by atoms with Crippen LogP contribution in [0.15, 0.2) is 42.7 Å². The zero-order chi connectivity index (χ0) is 14.9. The van der Waals surface area contributed by atoms with Gasteiger partial charge in [0, 0.05) is 25.1 Å². The fourth-order valence-electron chi connectivity index (χ4n) is 2.80. The van der Waals surface area contributed by atoms with Gasteiger partial charge in [0.05, 0.1) is 12.3 Å². The fourth-order valence-corrected chi connectivity index (χ4v) is 2.80. The Kier molecular flexibility index (Phi) is 3.23. The summed E-state index contributed by atoms with van der Waals surface area (Å²) in [5, 5.41) is 7.80. The third-order valence-corrected chi connectivity index (χ3v) is 3.95. The van der Waals surface area contributed by atoms with Crippen LogP contribution in [0, 0.1) is 0 Å². The maximum absolute atomic E-state index is 5.17. The zero-order valence-electron chi connectivity index (χ0n) is 12.3. The second-order valence-corrected chi connectivity index (χ2v) is 5.54. The molecule has 6 nitrogen and oxygen atoms in total. The highest BCUT2D eigenvalue weighted by Crippen LogP contribution is 2.42. The molecule has 1 aliphatic carbocycles. The Morgan fingerprint density at radius 2 is 2.18 bits per heavy atom. The van der Waals surface area contributed by atoms with Gasteiger partial charge < -0.3 is 10.1 Å². The van der Waals surface area contributed by atoms with Crippen LogP contribution >= 0.6 is 0 Å². The van der Waals surface area contributed by atoms with Crippen LogP contribution in [-0.2, 0) is 11.3 Å². The van der Waals surface area contributed by atoms with Crippen LogP contribution in [0.3, 0.4) is 0 Å². The third kappa shape index (κ3) is 2.42. The van der Waals surface area contributed by atoms with Gasteiger partial charge in [0.25, 0.3) is 5.78 Å². The SMILES string of the molecule is COCc1cc(NC2CC2c2ccccc2)n2ncnc2n1. The molecule has 2 heterocycles. The molecule has 1 aliphatic rings. The van der Waals surface area contributed by atoms with Crippen molar-refractivity contribution in [1.29, 1.82) is 0 Å². The van der Waals surface area contributed by atoms with Crippen LogP contribution in [0.5, 0.6) is 0 Å². The van der Waals surface area contributed by atoms with Gasteiger partial charge in [0.2, 0.25) is 0 Å². The predicted molar refractivity (Wildman–Crippen MR) is 82.7 cm³/mol. The number of rotatable bonds is 5. The van der Waals surface area contributed by atoms with Crippen molar-refractivity contribution in [2.45, 2.75) is 25.0 Å². The van der Waals surface area contributed by atoms with E-state index in [0.717, 1.165) is 17.9 Å². The molecule has 1 aromatic carbocycles. The summed E-state index contributed by atoms with van der Waals surface area (Å²) in [6, 6.07) is 13.0. The average molecular weight is 295 g/mol. The lowest BCUT2D eigenvalue weighted by atomic mass is 10.1. The van der Waals surface area contributed by atoms with Crippen LogP contribution in [0.25, 0.3) is 5.78 Å². The number of benzene rings is 1. The van der Waals surface area contributed by atoms with E-state index in [-0.39, 0.29) is 0 Å².